The molecule has 0 bridgehead atoms. The fraction of sp³-hybridized carbons (Fsp3) is 1.00. The van der Waals surface area contributed by atoms with Crippen molar-refractivity contribution < 1.29 is 4.74 Å². The van der Waals surface area contributed by atoms with Crippen LogP contribution in [-0.2, 0) is 4.74 Å². The molecule has 1 rings (SSSR count). The molecule has 1 fully saturated rings. The first-order valence-electron chi connectivity index (χ1n) is 8.38. The molecule has 0 aliphatic heterocycles. The molecule has 2 atom stereocenters. The Kier molecular flexibility index (Phi) is 7.49. The molecule has 3 nitrogen and oxygen atoms in total. The average molecular weight is 284 g/mol. The van der Waals surface area contributed by atoms with E-state index in [0.717, 1.165) is 19.7 Å². The Labute approximate surface area is 126 Å². The van der Waals surface area contributed by atoms with Crippen LogP contribution >= 0.6 is 0 Å². The first-order chi connectivity index (χ1) is 9.42. The Morgan fingerprint density at radius 2 is 2.05 bits per heavy atom. The van der Waals surface area contributed by atoms with E-state index < -0.39 is 0 Å². The van der Waals surface area contributed by atoms with Crippen LogP contribution in [-0.4, -0.2) is 50.3 Å². The van der Waals surface area contributed by atoms with Crippen LogP contribution in [0.15, 0.2) is 0 Å². The highest BCUT2D eigenvalue weighted by molar-refractivity contribution is 5.01. The molecule has 0 aromatic heterocycles. The third-order valence-electron chi connectivity index (χ3n) is 4.58. The minimum atomic E-state index is 0.405. The fourth-order valence-electron chi connectivity index (χ4n) is 3.54. The lowest BCUT2D eigenvalue weighted by Crippen LogP contribution is -2.53. The Morgan fingerprint density at radius 3 is 2.60 bits per heavy atom. The number of nitrogens with one attached hydrogen (secondary N) is 1. The minimum Gasteiger partial charge on any atom is -0.383 e. The molecule has 1 saturated carbocycles. The second-order valence-corrected chi connectivity index (χ2v) is 7.41. The van der Waals surface area contributed by atoms with Crippen molar-refractivity contribution in [1.82, 2.24) is 10.2 Å². The van der Waals surface area contributed by atoms with E-state index in [1.807, 2.05) is 0 Å². The Balaban J connectivity index is 2.75. The molecule has 0 heterocycles. The normalized spacial score (nSPS) is 25.8. The minimum absolute atomic E-state index is 0.405. The average Bonchev–Trinajstić information content (AvgIpc) is 2.67. The molecule has 0 radical (unpaired) electrons. The highest BCUT2D eigenvalue weighted by Crippen LogP contribution is 2.40. The predicted octanol–water partition coefficient (Wildman–Crippen LogP) is 3.15. The molecule has 2 unspecified atom stereocenters. The summed E-state index contributed by atoms with van der Waals surface area (Å²) in [7, 11) is 1.80. The molecule has 20 heavy (non-hydrogen) atoms. The van der Waals surface area contributed by atoms with E-state index in [1.54, 1.807) is 7.11 Å². The van der Waals surface area contributed by atoms with Crippen molar-refractivity contribution in [3.05, 3.63) is 0 Å². The zero-order chi connectivity index (χ0) is 15.2. The first kappa shape index (κ1) is 17.9. The molecule has 120 valence electrons. The fourth-order valence-corrected chi connectivity index (χ4v) is 3.54. The van der Waals surface area contributed by atoms with E-state index in [1.165, 1.54) is 25.8 Å². The second-order valence-electron chi connectivity index (χ2n) is 7.41. The molecule has 0 saturated heterocycles. The summed E-state index contributed by atoms with van der Waals surface area (Å²) in [5.74, 6) is 0.711. The third-order valence-corrected chi connectivity index (χ3v) is 4.58. The lowest BCUT2D eigenvalue weighted by Gasteiger charge is -2.38. The van der Waals surface area contributed by atoms with Gasteiger partial charge in [0.15, 0.2) is 0 Å². The summed E-state index contributed by atoms with van der Waals surface area (Å²) in [5, 5.41) is 3.82. The number of nitrogens with zero attached hydrogens (tertiary/aromatic N) is 1. The van der Waals surface area contributed by atoms with Crippen LogP contribution in [0, 0.1) is 11.3 Å². The van der Waals surface area contributed by atoms with Crippen LogP contribution < -0.4 is 5.32 Å². The van der Waals surface area contributed by atoms with Gasteiger partial charge >= 0.3 is 0 Å². The zero-order valence-electron chi connectivity index (χ0n) is 14.5. The maximum Gasteiger partial charge on any atom is 0.0589 e. The van der Waals surface area contributed by atoms with Crippen LogP contribution in [0.3, 0.4) is 0 Å². The van der Waals surface area contributed by atoms with Gasteiger partial charge in [0, 0.05) is 32.3 Å². The summed E-state index contributed by atoms with van der Waals surface area (Å²) in [6.45, 7) is 15.9. The number of hydrogen-bond donors (Lipinski definition) is 1. The van der Waals surface area contributed by atoms with Crippen molar-refractivity contribution in [2.24, 2.45) is 11.3 Å². The van der Waals surface area contributed by atoms with Gasteiger partial charge in [-0.15, -0.1) is 0 Å². The molecule has 0 spiro atoms. The van der Waals surface area contributed by atoms with Crippen LogP contribution in [0.5, 0.6) is 0 Å². The van der Waals surface area contributed by atoms with Gasteiger partial charge in [-0.25, -0.2) is 0 Å². The van der Waals surface area contributed by atoms with E-state index in [-0.39, 0.29) is 0 Å². The van der Waals surface area contributed by atoms with Gasteiger partial charge in [-0.2, -0.15) is 0 Å². The van der Waals surface area contributed by atoms with Gasteiger partial charge in [0.1, 0.15) is 0 Å². The molecule has 1 N–H and O–H groups in total. The van der Waals surface area contributed by atoms with E-state index in [9.17, 15) is 0 Å². The number of methoxy groups -OCH3 is 1. The largest absolute Gasteiger partial charge is 0.383 e. The molecule has 0 aromatic rings. The summed E-state index contributed by atoms with van der Waals surface area (Å²) in [5.41, 5.74) is 0.405. The predicted molar refractivity (Wildman–Crippen MR) is 87.2 cm³/mol. The zero-order valence-corrected chi connectivity index (χ0v) is 14.5. The van der Waals surface area contributed by atoms with Crippen molar-refractivity contribution in [3.63, 3.8) is 0 Å². The molecule has 3 heteroatoms. The van der Waals surface area contributed by atoms with Gasteiger partial charge in [-0.3, -0.25) is 4.90 Å². The van der Waals surface area contributed by atoms with Gasteiger partial charge < -0.3 is 10.1 Å². The van der Waals surface area contributed by atoms with Crippen molar-refractivity contribution in [1.29, 1.82) is 0 Å². The van der Waals surface area contributed by atoms with E-state index in [4.69, 9.17) is 4.74 Å². The lowest BCUT2D eigenvalue weighted by molar-refractivity contribution is 0.0893. The van der Waals surface area contributed by atoms with Gasteiger partial charge in [0.25, 0.3) is 0 Å². The molecule has 0 amide bonds. The van der Waals surface area contributed by atoms with E-state index >= 15 is 0 Å². The van der Waals surface area contributed by atoms with E-state index in [2.05, 4.69) is 44.8 Å². The Hall–Kier alpha value is -0.120. The smallest absolute Gasteiger partial charge is 0.0589 e. The summed E-state index contributed by atoms with van der Waals surface area (Å²) < 4.78 is 5.32. The maximum absolute atomic E-state index is 5.32. The van der Waals surface area contributed by atoms with Crippen LogP contribution in [0.4, 0.5) is 0 Å². The maximum atomic E-state index is 5.32. The quantitative estimate of drug-likeness (QED) is 0.704. The van der Waals surface area contributed by atoms with Gasteiger partial charge in [-0.1, -0.05) is 34.6 Å². The summed E-state index contributed by atoms with van der Waals surface area (Å²) >= 11 is 0. The SMILES string of the molecule is CCCNC1C(N(CCOC)CC(C)C)CCC1(C)C. The topological polar surface area (TPSA) is 24.5 Å². The van der Waals surface area contributed by atoms with Crippen LogP contribution in [0.1, 0.15) is 53.9 Å². The number of hydrogen-bond acceptors (Lipinski definition) is 3. The summed E-state index contributed by atoms with van der Waals surface area (Å²) in [6.07, 6.45) is 3.84. The highest BCUT2D eigenvalue weighted by atomic mass is 16.5. The van der Waals surface area contributed by atoms with Gasteiger partial charge in [0.05, 0.1) is 6.61 Å². The monoisotopic (exact) mass is 284 g/mol. The van der Waals surface area contributed by atoms with Gasteiger partial charge in [-0.05, 0) is 37.1 Å². The summed E-state index contributed by atoms with van der Waals surface area (Å²) in [4.78, 5) is 2.66. The number of ether oxygens (including phenoxy) is 1. The molecule has 1 aliphatic rings. The van der Waals surface area contributed by atoms with Crippen molar-refractivity contribution >= 4 is 0 Å². The van der Waals surface area contributed by atoms with Crippen molar-refractivity contribution in [2.75, 3.05) is 33.4 Å². The first-order valence-corrected chi connectivity index (χ1v) is 8.38. The molecular weight excluding hydrogens is 248 g/mol. The number of rotatable bonds is 9. The highest BCUT2D eigenvalue weighted by Gasteiger charge is 2.43. The third kappa shape index (κ3) is 5.01. The lowest BCUT2D eigenvalue weighted by atomic mass is 9.86. The van der Waals surface area contributed by atoms with Gasteiger partial charge in [0.2, 0.25) is 0 Å². The van der Waals surface area contributed by atoms with Crippen LogP contribution in [0.2, 0.25) is 0 Å². The molecular formula is C17H36N2O. The van der Waals surface area contributed by atoms with E-state index in [0.29, 0.717) is 23.4 Å². The van der Waals surface area contributed by atoms with Crippen molar-refractivity contribution in [2.45, 2.75) is 66.0 Å². The second kappa shape index (κ2) is 8.35. The molecule has 0 aromatic carbocycles. The Bertz CT molecular complexity index is 266. The Morgan fingerprint density at radius 1 is 1.35 bits per heavy atom. The summed E-state index contributed by atoms with van der Waals surface area (Å²) in [6, 6.07) is 1.27. The van der Waals surface area contributed by atoms with Crippen LogP contribution in [0.25, 0.3) is 0 Å². The standard InChI is InChI=1S/C17H36N2O/c1-7-10-18-16-15(8-9-17(16,4)5)19(11-12-20-6)13-14(2)3/h14-16,18H,7-13H2,1-6H3. The van der Waals surface area contributed by atoms with Crippen molar-refractivity contribution in [3.8, 4) is 0 Å². The molecule has 1 aliphatic carbocycles.